The van der Waals surface area contributed by atoms with E-state index >= 15 is 0 Å². The number of hydrogen-bond acceptors (Lipinski definition) is 5. The summed E-state index contributed by atoms with van der Waals surface area (Å²) in [4.78, 5) is 15.3. The average molecular weight is 274 g/mol. The third-order valence-corrected chi connectivity index (χ3v) is 3.36. The zero-order valence-electron chi connectivity index (χ0n) is 11.4. The quantitative estimate of drug-likeness (QED) is 0.770. The summed E-state index contributed by atoms with van der Waals surface area (Å²) in [6.07, 6.45) is 4.02. The number of nitrogens with zero attached hydrogens (tertiary/aromatic N) is 3. The van der Waals surface area contributed by atoms with Crippen LogP contribution in [-0.4, -0.2) is 39.6 Å². The van der Waals surface area contributed by atoms with Gasteiger partial charge in [-0.25, -0.2) is 4.98 Å². The molecule has 0 bridgehead atoms. The first-order chi connectivity index (χ1) is 9.72. The molecule has 7 nitrogen and oxygen atoms in total. The molecule has 0 spiro atoms. The normalized spacial score (nSPS) is 18.4. The minimum atomic E-state index is -0.137. The van der Waals surface area contributed by atoms with Crippen molar-refractivity contribution in [1.82, 2.24) is 19.9 Å². The zero-order chi connectivity index (χ0) is 13.9. The molecule has 1 atom stereocenters. The molecule has 0 radical (unpaired) electrons. The van der Waals surface area contributed by atoms with E-state index in [9.17, 15) is 4.79 Å². The number of rotatable bonds is 4. The van der Waals surface area contributed by atoms with E-state index in [0.29, 0.717) is 17.5 Å². The van der Waals surface area contributed by atoms with Gasteiger partial charge in [0, 0.05) is 19.5 Å². The Morgan fingerprint density at radius 2 is 2.45 bits per heavy atom. The Kier molecular flexibility index (Phi) is 3.51. The van der Waals surface area contributed by atoms with Gasteiger partial charge in [-0.15, -0.1) is 5.10 Å². The van der Waals surface area contributed by atoms with Gasteiger partial charge in [-0.3, -0.25) is 4.79 Å². The monoisotopic (exact) mass is 274 g/mol. The maximum absolute atomic E-state index is 11.1. The van der Waals surface area contributed by atoms with Gasteiger partial charge in [-0.1, -0.05) is 0 Å². The van der Waals surface area contributed by atoms with Crippen LogP contribution in [0.5, 0.6) is 0 Å². The summed E-state index contributed by atoms with van der Waals surface area (Å²) in [6.45, 7) is 3.41. The van der Waals surface area contributed by atoms with Crippen LogP contribution in [0.2, 0.25) is 0 Å². The molecule has 1 saturated heterocycles. The average Bonchev–Trinajstić information content (AvgIpc) is 3.06. The fourth-order valence-electron chi connectivity index (χ4n) is 2.39. The molecule has 0 aromatic carbocycles. The van der Waals surface area contributed by atoms with Gasteiger partial charge in [0.05, 0.1) is 6.20 Å². The minimum absolute atomic E-state index is 0.137. The van der Waals surface area contributed by atoms with Crippen LogP contribution in [0.3, 0.4) is 0 Å². The van der Waals surface area contributed by atoms with E-state index in [4.69, 9.17) is 0 Å². The van der Waals surface area contributed by atoms with E-state index in [0.717, 1.165) is 18.9 Å². The third-order valence-electron chi connectivity index (χ3n) is 3.36. The topological polar surface area (TPSA) is 83.3 Å². The van der Waals surface area contributed by atoms with Gasteiger partial charge in [-0.2, -0.15) is 4.52 Å². The van der Waals surface area contributed by atoms with Crippen LogP contribution in [0, 0.1) is 0 Å². The number of imidazole rings is 1. The highest BCUT2D eigenvalue weighted by Gasteiger charge is 2.14. The first kappa shape index (κ1) is 12.9. The lowest BCUT2D eigenvalue weighted by Gasteiger charge is -2.12. The summed E-state index contributed by atoms with van der Waals surface area (Å²) in [6, 6.07) is 4.28. The maximum Gasteiger partial charge on any atom is 0.222 e. The second-order valence-electron chi connectivity index (χ2n) is 4.99. The second kappa shape index (κ2) is 5.46. The summed E-state index contributed by atoms with van der Waals surface area (Å²) in [5.41, 5.74) is 0.707. The molecule has 2 aromatic rings. The number of nitrogens with one attached hydrogen (secondary N) is 3. The molecule has 1 aliphatic rings. The molecule has 0 aliphatic carbocycles. The molecular weight excluding hydrogens is 256 g/mol. The van der Waals surface area contributed by atoms with Crippen LogP contribution >= 0.6 is 0 Å². The lowest BCUT2D eigenvalue weighted by Crippen LogP contribution is -2.29. The molecule has 0 saturated carbocycles. The fourth-order valence-corrected chi connectivity index (χ4v) is 2.39. The van der Waals surface area contributed by atoms with Crippen LogP contribution in [0.4, 0.5) is 11.6 Å². The number of carbonyl (C=O) groups excluding carboxylic acids is 1. The number of carbonyl (C=O) groups is 1. The number of hydrogen-bond donors (Lipinski definition) is 3. The Bertz CT molecular complexity index is 616. The molecule has 1 aliphatic heterocycles. The molecule has 7 heteroatoms. The SMILES string of the molecule is CC(=O)Nc1cnc2ccc(NC[C@@H]3CCCN3)nn12. The molecule has 2 aromatic heterocycles. The summed E-state index contributed by atoms with van der Waals surface area (Å²) in [7, 11) is 0. The van der Waals surface area contributed by atoms with Crippen molar-refractivity contribution < 1.29 is 4.79 Å². The maximum atomic E-state index is 11.1. The van der Waals surface area contributed by atoms with E-state index in [1.807, 2.05) is 12.1 Å². The molecule has 1 fully saturated rings. The molecule has 106 valence electrons. The molecular formula is C13H18N6O. The van der Waals surface area contributed by atoms with E-state index in [1.165, 1.54) is 19.8 Å². The van der Waals surface area contributed by atoms with Crippen molar-refractivity contribution in [2.45, 2.75) is 25.8 Å². The molecule has 0 unspecified atom stereocenters. The standard InChI is InChI=1S/C13H18N6O/c1-9(20)17-13-8-16-12-5-4-11(18-19(12)13)15-7-10-3-2-6-14-10/h4-5,8,10,14H,2-3,6-7H2,1H3,(H,15,18)(H,17,20)/t10-/m0/s1. The lowest BCUT2D eigenvalue weighted by molar-refractivity contribution is -0.114. The number of aromatic nitrogens is 3. The van der Waals surface area contributed by atoms with Crippen molar-refractivity contribution in [3.8, 4) is 0 Å². The molecule has 3 N–H and O–H groups in total. The summed E-state index contributed by atoms with van der Waals surface area (Å²) < 4.78 is 1.63. The highest BCUT2D eigenvalue weighted by atomic mass is 16.1. The predicted octanol–water partition coefficient (Wildman–Crippen LogP) is 0.852. The fraction of sp³-hybridized carbons (Fsp3) is 0.462. The summed E-state index contributed by atoms with van der Waals surface area (Å²) in [5, 5.41) is 13.9. The lowest BCUT2D eigenvalue weighted by atomic mass is 10.2. The molecule has 1 amide bonds. The van der Waals surface area contributed by atoms with Gasteiger partial charge in [0.2, 0.25) is 5.91 Å². The largest absolute Gasteiger partial charge is 0.367 e. The number of fused-ring (bicyclic) bond motifs is 1. The van der Waals surface area contributed by atoms with Gasteiger partial charge in [-0.05, 0) is 31.5 Å². The van der Waals surface area contributed by atoms with Gasteiger partial charge < -0.3 is 16.0 Å². The Balaban J connectivity index is 1.75. The van der Waals surface area contributed by atoms with Crippen molar-refractivity contribution in [2.24, 2.45) is 0 Å². The molecule has 3 rings (SSSR count). The van der Waals surface area contributed by atoms with E-state index in [1.54, 1.807) is 10.7 Å². The van der Waals surface area contributed by atoms with Crippen molar-refractivity contribution in [3.05, 3.63) is 18.3 Å². The third kappa shape index (κ3) is 2.72. The Labute approximate surface area is 116 Å². The van der Waals surface area contributed by atoms with Crippen molar-refractivity contribution in [3.63, 3.8) is 0 Å². The van der Waals surface area contributed by atoms with Crippen LogP contribution in [0.25, 0.3) is 5.65 Å². The van der Waals surface area contributed by atoms with Gasteiger partial charge in [0.15, 0.2) is 11.5 Å². The first-order valence-corrected chi connectivity index (χ1v) is 6.82. The van der Waals surface area contributed by atoms with Crippen molar-refractivity contribution in [1.29, 1.82) is 0 Å². The van der Waals surface area contributed by atoms with Gasteiger partial charge >= 0.3 is 0 Å². The molecule has 3 heterocycles. The summed E-state index contributed by atoms with van der Waals surface area (Å²) in [5.74, 6) is 1.22. The Morgan fingerprint density at radius 1 is 1.55 bits per heavy atom. The van der Waals surface area contributed by atoms with Gasteiger partial charge in [0.25, 0.3) is 0 Å². The predicted molar refractivity (Wildman–Crippen MR) is 76.8 cm³/mol. The Morgan fingerprint density at radius 3 is 3.20 bits per heavy atom. The van der Waals surface area contributed by atoms with Crippen LogP contribution in [0.1, 0.15) is 19.8 Å². The van der Waals surface area contributed by atoms with E-state index < -0.39 is 0 Å². The van der Waals surface area contributed by atoms with E-state index in [2.05, 4.69) is 26.0 Å². The highest BCUT2D eigenvalue weighted by Crippen LogP contribution is 2.13. The summed E-state index contributed by atoms with van der Waals surface area (Å²) >= 11 is 0. The number of anilines is 2. The highest BCUT2D eigenvalue weighted by molar-refractivity contribution is 5.88. The van der Waals surface area contributed by atoms with Gasteiger partial charge in [0.1, 0.15) is 5.82 Å². The second-order valence-corrected chi connectivity index (χ2v) is 4.99. The van der Waals surface area contributed by atoms with Crippen molar-refractivity contribution >= 4 is 23.2 Å². The Hall–Kier alpha value is -2.15. The smallest absolute Gasteiger partial charge is 0.222 e. The number of amides is 1. The van der Waals surface area contributed by atoms with Crippen LogP contribution in [-0.2, 0) is 4.79 Å². The first-order valence-electron chi connectivity index (χ1n) is 6.82. The van der Waals surface area contributed by atoms with Crippen molar-refractivity contribution in [2.75, 3.05) is 23.7 Å². The minimum Gasteiger partial charge on any atom is -0.367 e. The van der Waals surface area contributed by atoms with Crippen LogP contribution in [0.15, 0.2) is 18.3 Å². The molecule has 20 heavy (non-hydrogen) atoms. The van der Waals surface area contributed by atoms with Crippen LogP contribution < -0.4 is 16.0 Å². The van der Waals surface area contributed by atoms with E-state index in [-0.39, 0.29) is 5.91 Å². The zero-order valence-corrected chi connectivity index (χ0v) is 11.4.